The van der Waals surface area contributed by atoms with Crippen LogP contribution in [-0.2, 0) is 19.1 Å². The average molecular weight is 535 g/mol. The van der Waals surface area contributed by atoms with Gasteiger partial charge in [-0.05, 0) is 93.8 Å². The smallest absolute Gasteiger partial charge is 0.303 e. The van der Waals surface area contributed by atoms with E-state index in [4.69, 9.17) is 9.47 Å². The molecule has 10 atom stereocenters. The number of ketones is 1. The third-order valence-electron chi connectivity index (χ3n) is 12.0. The van der Waals surface area contributed by atoms with Gasteiger partial charge in [-0.2, -0.15) is 0 Å². The van der Waals surface area contributed by atoms with Gasteiger partial charge in [-0.25, -0.2) is 0 Å². The van der Waals surface area contributed by atoms with Crippen molar-refractivity contribution in [3.05, 3.63) is 0 Å². The summed E-state index contributed by atoms with van der Waals surface area (Å²) in [7, 11) is 0. The predicted octanol–water partition coefficient (Wildman–Crippen LogP) is 5.71. The van der Waals surface area contributed by atoms with Gasteiger partial charge < -0.3 is 19.7 Å². The molecule has 4 unspecified atom stereocenters. The molecule has 0 aromatic carbocycles. The molecule has 3 aliphatic carbocycles. The minimum absolute atomic E-state index is 0.0328. The van der Waals surface area contributed by atoms with E-state index in [9.17, 15) is 19.8 Å². The maximum atomic E-state index is 12.8. The molecular formula is C32H54O6. The summed E-state index contributed by atoms with van der Waals surface area (Å²) in [5.41, 5.74) is -1.74. The fourth-order valence-corrected chi connectivity index (χ4v) is 10.1. The normalized spacial score (nSPS) is 43.7. The first-order valence-corrected chi connectivity index (χ1v) is 15.3. The number of Topliss-reactive ketones (excluding diaryl/α,β-unsaturated/α-hetero) is 1. The van der Waals surface area contributed by atoms with Crippen molar-refractivity contribution in [2.75, 3.05) is 6.61 Å². The SMILES string of the molecule is CC(=O)O[C@@H]([C@H]1C[C@@H](C)C2C(C[C@@]3(CO)[C@H](CCC4C(C)CCC(=O)C4(C)C)CCC[C@]23C)O1)C(C)(C)O. The second-order valence-electron chi connectivity index (χ2n) is 15.0. The molecule has 218 valence electrons. The van der Waals surface area contributed by atoms with Gasteiger partial charge in [0, 0.05) is 30.8 Å². The van der Waals surface area contributed by atoms with Crippen LogP contribution in [0.25, 0.3) is 0 Å². The van der Waals surface area contributed by atoms with Crippen molar-refractivity contribution in [3.8, 4) is 0 Å². The summed E-state index contributed by atoms with van der Waals surface area (Å²) in [6.45, 7) is 16.2. The summed E-state index contributed by atoms with van der Waals surface area (Å²) in [4.78, 5) is 24.7. The lowest BCUT2D eigenvalue weighted by molar-refractivity contribution is -0.208. The lowest BCUT2D eigenvalue weighted by atomic mass is 9.49. The zero-order valence-corrected chi connectivity index (χ0v) is 25.2. The summed E-state index contributed by atoms with van der Waals surface area (Å²) in [5, 5.41) is 22.0. The van der Waals surface area contributed by atoms with Gasteiger partial charge in [-0.3, -0.25) is 9.59 Å². The molecule has 4 rings (SSSR count). The van der Waals surface area contributed by atoms with Crippen molar-refractivity contribution in [2.45, 2.75) is 137 Å². The minimum Gasteiger partial charge on any atom is -0.457 e. The van der Waals surface area contributed by atoms with Crippen molar-refractivity contribution in [1.82, 2.24) is 0 Å². The molecule has 1 aliphatic heterocycles. The third kappa shape index (κ3) is 4.89. The van der Waals surface area contributed by atoms with E-state index in [-0.39, 0.29) is 35.1 Å². The van der Waals surface area contributed by atoms with Gasteiger partial charge in [0.05, 0.1) is 17.8 Å². The molecule has 38 heavy (non-hydrogen) atoms. The van der Waals surface area contributed by atoms with Crippen LogP contribution in [0.15, 0.2) is 0 Å². The van der Waals surface area contributed by atoms with Gasteiger partial charge in [0.15, 0.2) is 6.10 Å². The van der Waals surface area contributed by atoms with Crippen molar-refractivity contribution < 1.29 is 29.3 Å². The fourth-order valence-electron chi connectivity index (χ4n) is 10.1. The molecular weight excluding hydrogens is 480 g/mol. The second-order valence-corrected chi connectivity index (χ2v) is 15.0. The molecule has 0 amide bonds. The number of fused-ring (bicyclic) bond motifs is 3. The average Bonchev–Trinajstić information content (AvgIpc) is 3.08. The van der Waals surface area contributed by atoms with E-state index in [0.29, 0.717) is 41.8 Å². The number of carbonyl (C=O) groups excluding carboxylic acids is 2. The van der Waals surface area contributed by atoms with Gasteiger partial charge in [0.2, 0.25) is 0 Å². The van der Waals surface area contributed by atoms with Crippen molar-refractivity contribution in [1.29, 1.82) is 0 Å². The van der Waals surface area contributed by atoms with Gasteiger partial charge in [-0.15, -0.1) is 0 Å². The third-order valence-corrected chi connectivity index (χ3v) is 12.0. The van der Waals surface area contributed by atoms with Crippen LogP contribution in [0.2, 0.25) is 0 Å². The lowest BCUT2D eigenvalue weighted by Gasteiger charge is -2.56. The first kappa shape index (κ1) is 30.0. The standard InChI is InChI=1S/C32H54O6/c1-19-11-14-26(35)29(4,5)23(19)13-12-22-10-9-15-31(8)27-20(2)16-24(28(30(6,7)36)37-21(3)34)38-25(27)17-32(22,31)18-33/h19-20,22-25,27-28,33,36H,9-18H2,1-8H3/t19?,20-,22+,23?,24-,25?,27?,28+,31-,32-/m1/s1. The van der Waals surface area contributed by atoms with Crippen LogP contribution in [0.4, 0.5) is 0 Å². The minimum atomic E-state index is -1.21. The van der Waals surface area contributed by atoms with E-state index in [1.807, 2.05) is 0 Å². The number of aliphatic hydroxyl groups is 2. The molecule has 4 aliphatic rings. The molecule has 3 saturated carbocycles. The maximum Gasteiger partial charge on any atom is 0.303 e. The van der Waals surface area contributed by atoms with E-state index in [0.717, 1.165) is 51.4 Å². The highest BCUT2D eigenvalue weighted by atomic mass is 16.6. The number of esters is 1. The van der Waals surface area contributed by atoms with Crippen LogP contribution in [0.1, 0.15) is 113 Å². The maximum absolute atomic E-state index is 12.8. The molecule has 0 aromatic heterocycles. The summed E-state index contributed by atoms with van der Waals surface area (Å²) in [6.07, 6.45) is 7.51. The molecule has 1 saturated heterocycles. The largest absolute Gasteiger partial charge is 0.457 e. The van der Waals surface area contributed by atoms with Crippen LogP contribution in [0, 0.1) is 45.8 Å². The quantitative estimate of drug-likeness (QED) is 0.407. The Morgan fingerprint density at radius 3 is 2.45 bits per heavy atom. The van der Waals surface area contributed by atoms with E-state index in [1.165, 1.54) is 6.92 Å². The lowest BCUT2D eigenvalue weighted by Crippen LogP contribution is -2.55. The van der Waals surface area contributed by atoms with Gasteiger partial charge in [-0.1, -0.05) is 41.0 Å². The molecule has 6 heteroatoms. The van der Waals surface area contributed by atoms with E-state index in [1.54, 1.807) is 13.8 Å². The van der Waals surface area contributed by atoms with Crippen molar-refractivity contribution >= 4 is 11.8 Å². The van der Waals surface area contributed by atoms with Crippen LogP contribution in [0.3, 0.4) is 0 Å². The number of ether oxygens (including phenoxy) is 2. The Hall–Kier alpha value is -0.980. The Bertz CT molecular complexity index is 891. The summed E-state index contributed by atoms with van der Waals surface area (Å²) in [5.74, 6) is 1.95. The number of hydrogen-bond acceptors (Lipinski definition) is 6. The van der Waals surface area contributed by atoms with Crippen LogP contribution in [0.5, 0.6) is 0 Å². The van der Waals surface area contributed by atoms with Gasteiger partial charge in [0.1, 0.15) is 5.78 Å². The van der Waals surface area contributed by atoms with Gasteiger partial charge in [0.25, 0.3) is 0 Å². The Labute approximate surface area is 230 Å². The number of aliphatic hydroxyl groups excluding tert-OH is 1. The molecule has 2 N–H and O–H groups in total. The Kier molecular flexibility index (Phi) is 8.25. The van der Waals surface area contributed by atoms with Crippen LogP contribution >= 0.6 is 0 Å². The first-order chi connectivity index (χ1) is 17.6. The molecule has 0 aromatic rings. The van der Waals surface area contributed by atoms with Crippen LogP contribution < -0.4 is 0 Å². The summed E-state index contributed by atoms with van der Waals surface area (Å²) in [6, 6.07) is 0. The monoisotopic (exact) mass is 534 g/mol. The molecule has 4 fully saturated rings. The molecule has 0 bridgehead atoms. The Balaban J connectivity index is 1.59. The van der Waals surface area contributed by atoms with E-state index >= 15 is 0 Å². The molecule has 1 heterocycles. The van der Waals surface area contributed by atoms with Gasteiger partial charge >= 0.3 is 5.97 Å². The van der Waals surface area contributed by atoms with Crippen molar-refractivity contribution in [2.24, 2.45) is 45.8 Å². The topological polar surface area (TPSA) is 93.1 Å². The Morgan fingerprint density at radius 1 is 1.16 bits per heavy atom. The van der Waals surface area contributed by atoms with Crippen LogP contribution in [-0.4, -0.2) is 52.5 Å². The van der Waals surface area contributed by atoms with Crippen molar-refractivity contribution in [3.63, 3.8) is 0 Å². The molecule has 0 radical (unpaired) electrons. The number of rotatable bonds is 7. The zero-order chi connectivity index (χ0) is 28.3. The highest BCUT2D eigenvalue weighted by Gasteiger charge is 2.67. The Morgan fingerprint density at radius 2 is 1.84 bits per heavy atom. The van der Waals surface area contributed by atoms with E-state index in [2.05, 4.69) is 34.6 Å². The number of carbonyl (C=O) groups is 2. The second kappa shape index (κ2) is 10.4. The zero-order valence-electron chi connectivity index (χ0n) is 25.2. The predicted molar refractivity (Wildman–Crippen MR) is 147 cm³/mol. The molecule has 6 nitrogen and oxygen atoms in total. The highest BCUT2D eigenvalue weighted by molar-refractivity contribution is 5.85. The first-order valence-electron chi connectivity index (χ1n) is 15.3. The van der Waals surface area contributed by atoms with E-state index < -0.39 is 17.7 Å². The highest BCUT2D eigenvalue weighted by Crippen LogP contribution is 2.69. The number of hydrogen-bond donors (Lipinski definition) is 2. The summed E-state index contributed by atoms with van der Waals surface area (Å²) >= 11 is 0. The molecule has 0 spiro atoms. The fraction of sp³-hybridized carbons (Fsp3) is 0.938. The summed E-state index contributed by atoms with van der Waals surface area (Å²) < 4.78 is 12.4.